The van der Waals surface area contributed by atoms with Gasteiger partial charge in [0.1, 0.15) is 5.75 Å². The van der Waals surface area contributed by atoms with Gasteiger partial charge in [-0.3, -0.25) is 4.79 Å². The third-order valence-corrected chi connectivity index (χ3v) is 5.09. The highest BCUT2D eigenvalue weighted by Gasteiger charge is 2.46. The van der Waals surface area contributed by atoms with Gasteiger partial charge >= 0.3 is 5.97 Å². The second-order valence-electron chi connectivity index (χ2n) is 6.84. The summed E-state index contributed by atoms with van der Waals surface area (Å²) in [4.78, 5) is 24.2. The summed E-state index contributed by atoms with van der Waals surface area (Å²) in [6, 6.07) is 7.69. The molecule has 1 amide bonds. The third kappa shape index (κ3) is 3.25. The number of carboxylic acids is 1. The Kier molecular flexibility index (Phi) is 4.30. The molecule has 2 aromatic rings. The number of halogens is 2. The normalized spacial score (nSPS) is 21.1. The third-order valence-electron chi connectivity index (χ3n) is 5.09. The summed E-state index contributed by atoms with van der Waals surface area (Å²) in [5.41, 5.74) is 1.50. The first-order chi connectivity index (χ1) is 13.0. The monoisotopic (exact) mass is 373 g/mol. The molecule has 1 fully saturated rings. The molecule has 1 heterocycles. The van der Waals surface area contributed by atoms with Gasteiger partial charge in [0, 0.05) is 12.3 Å². The van der Waals surface area contributed by atoms with E-state index in [1.807, 2.05) is 0 Å². The van der Waals surface area contributed by atoms with Crippen LogP contribution in [0.5, 0.6) is 5.75 Å². The Bertz CT molecular complexity index is 930. The molecule has 3 atom stereocenters. The Hall–Kier alpha value is -2.96. The maximum absolute atomic E-state index is 13.9. The molecule has 0 aromatic heterocycles. The fourth-order valence-electron chi connectivity index (χ4n) is 3.56. The molecular weight excluding hydrogens is 356 g/mol. The predicted molar refractivity (Wildman–Crippen MR) is 91.4 cm³/mol. The molecule has 1 aliphatic carbocycles. The second kappa shape index (κ2) is 6.64. The quantitative estimate of drug-likeness (QED) is 0.845. The molecule has 2 N–H and O–H groups in total. The molecular formula is C20H17F2NO4. The first-order valence-electron chi connectivity index (χ1n) is 8.68. The minimum absolute atomic E-state index is 0.150. The van der Waals surface area contributed by atoms with Gasteiger partial charge in [0.05, 0.1) is 6.61 Å². The summed E-state index contributed by atoms with van der Waals surface area (Å²) < 4.78 is 32.7. The largest absolute Gasteiger partial charge is 0.493 e. The van der Waals surface area contributed by atoms with Crippen LogP contribution in [0.4, 0.5) is 8.78 Å². The first kappa shape index (κ1) is 17.5. The summed E-state index contributed by atoms with van der Waals surface area (Å²) in [5.74, 6) is -3.86. The van der Waals surface area contributed by atoms with Crippen molar-refractivity contribution in [2.45, 2.75) is 24.8 Å². The number of carbonyl (C=O) groups excluding carboxylic acids is 1. The molecule has 5 nitrogen and oxygen atoms in total. The second-order valence-corrected chi connectivity index (χ2v) is 6.84. The van der Waals surface area contributed by atoms with Gasteiger partial charge in [0.2, 0.25) is 5.91 Å². The van der Waals surface area contributed by atoms with Crippen molar-refractivity contribution in [1.29, 1.82) is 0 Å². The number of aliphatic carboxylic acids is 1. The van der Waals surface area contributed by atoms with E-state index in [-0.39, 0.29) is 5.56 Å². The number of benzene rings is 2. The molecule has 2 aromatic carbocycles. The van der Waals surface area contributed by atoms with Crippen molar-refractivity contribution in [1.82, 2.24) is 5.32 Å². The van der Waals surface area contributed by atoms with Crippen molar-refractivity contribution < 1.29 is 28.2 Å². The first-order valence-corrected chi connectivity index (χ1v) is 8.68. The van der Waals surface area contributed by atoms with Crippen LogP contribution in [0.25, 0.3) is 0 Å². The number of fused-ring (bicyclic) bond motifs is 1. The summed E-state index contributed by atoms with van der Waals surface area (Å²) >= 11 is 0. The van der Waals surface area contributed by atoms with Gasteiger partial charge in [-0.15, -0.1) is 0 Å². The van der Waals surface area contributed by atoms with Crippen molar-refractivity contribution in [2.24, 2.45) is 5.92 Å². The zero-order valence-corrected chi connectivity index (χ0v) is 14.2. The lowest BCUT2D eigenvalue weighted by Crippen LogP contribution is -2.35. The Balaban J connectivity index is 1.49. The van der Waals surface area contributed by atoms with E-state index in [1.165, 1.54) is 12.1 Å². The number of amides is 1. The number of hydrogen-bond donors (Lipinski definition) is 2. The standard InChI is InChI=1S/C20H17F2NO4/c21-15-3-1-2-12(17(15)22)13-9-14(13)19(24)23-18(20(25)26)11-4-5-16-10(8-11)6-7-27-16/h1-5,8,13-14,18H,6-7,9H2,(H,23,24)(H,25,26). The Morgan fingerprint density at radius 3 is 2.81 bits per heavy atom. The Morgan fingerprint density at radius 2 is 2.04 bits per heavy atom. The van der Waals surface area contributed by atoms with E-state index in [4.69, 9.17) is 4.74 Å². The minimum Gasteiger partial charge on any atom is -0.493 e. The van der Waals surface area contributed by atoms with Gasteiger partial charge in [-0.2, -0.15) is 0 Å². The molecule has 7 heteroatoms. The van der Waals surface area contributed by atoms with Gasteiger partial charge < -0.3 is 15.2 Å². The molecule has 1 saturated carbocycles. The van der Waals surface area contributed by atoms with Crippen LogP contribution in [-0.2, 0) is 16.0 Å². The van der Waals surface area contributed by atoms with Gasteiger partial charge in [0.15, 0.2) is 17.7 Å². The van der Waals surface area contributed by atoms with E-state index in [0.29, 0.717) is 25.0 Å². The number of hydrogen-bond acceptors (Lipinski definition) is 3. The molecule has 1 aliphatic heterocycles. The van der Waals surface area contributed by atoms with Crippen molar-refractivity contribution >= 4 is 11.9 Å². The average molecular weight is 373 g/mol. The number of carboxylic acid groups (broad SMARTS) is 1. The van der Waals surface area contributed by atoms with Gasteiger partial charge in [-0.25, -0.2) is 13.6 Å². The molecule has 0 bridgehead atoms. The molecule has 2 aliphatic rings. The van der Waals surface area contributed by atoms with Crippen LogP contribution in [0.15, 0.2) is 36.4 Å². The highest BCUT2D eigenvalue weighted by Crippen LogP contribution is 2.48. The highest BCUT2D eigenvalue weighted by atomic mass is 19.2. The van der Waals surface area contributed by atoms with E-state index in [2.05, 4.69) is 5.32 Å². The SMILES string of the molecule is O=C(O)C(NC(=O)C1CC1c1cccc(F)c1F)c1ccc2c(c1)CCO2. The van der Waals surface area contributed by atoms with E-state index in [9.17, 15) is 23.5 Å². The molecule has 140 valence electrons. The van der Waals surface area contributed by atoms with Crippen molar-refractivity contribution in [3.05, 3.63) is 64.7 Å². The van der Waals surface area contributed by atoms with Crippen molar-refractivity contribution in [3.63, 3.8) is 0 Å². The van der Waals surface area contributed by atoms with Gasteiger partial charge in [0.25, 0.3) is 0 Å². The summed E-state index contributed by atoms with van der Waals surface area (Å²) in [7, 11) is 0. The van der Waals surface area contributed by atoms with Crippen LogP contribution < -0.4 is 10.1 Å². The maximum Gasteiger partial charge on any atom is 0.330 e. The topological polar surface area (TPSA) is 75.6 Å². The molecule has 0 spiro atoms. The lowest BCUT2D eigenvalue weighted by molar-refractivity contribution is -0.142. The van der Waals surface area contributed by atoms with E-state index < -0.39 is 41.4 Å². The van der Waals surface area contributed by atoms with Crippen LogP contribution in [0.2, 0.25) is 0 Å². The highest BCUT2D eigenvalue weighted by molar-refractivity contribution is 5.88. The van der Waals surface area contributed by atoms with E-state index >= 15 is 0 Å². The average Bonchev–Trinajstić information content (AvgIpc) is 3.30. The van der Waals surface area contributed by atoms with Crippen LogP contribution in [0.3, 0.4) is 0 Å². The summed E-state index contributed by atoms with van der Waals surface area (Å²) in [5, 5.41) is 12.1. The van der Waals surface area contributed by atoms with Crippen LogP contribution >= 0.6 is 0 Å². The lowest BCUT2D eigenvalue weighted by Gasteiger charge is -2.16. The molecule has 0 radical (unpaired) electrons. The van der Waals surface area contributed by atoms with Crippen LogP contribution in [0.1, 0.15) is 35.1 Å². The van der Waals surface area contributed by atoms with Gasteiger partial charge in [-0.05, 0) is 47.2 Å². The fraction of sp³-hybridized carbons (Fsp3) is 0.300. The number of carbonyl (C=O) groups is 2. The Morgan fingerprint density at radius 1 is 1.22 bits per heavy atom. The van der Waals surface area contributed by atoms with Crippen LogP contribution in [-0.4, -0.2) is 23.6 Å². The fourth-order valence-corrected chi connectivity index (χ4v) is 3.56. The maximum atomic E-state index is 13.9. The summed E-state index contributed by atoms with van der Waals surface area (Å²) in [6.45, 7) is 0.547. The van der Waals surface area contributed by atoms with Crippen LogP contribution in [0, 0.1) is 17.6 Å². The molecule has 4 rings (SSSR count). The minimum atomic E-state index is -1.21. The summed E-state index contributed by atoms with van der Waals surface area (Å²) in [6.07, 6.45) is 1.05. The van der Waals surface area contributed by atoms with Crippen molar-refractivity contribution in [3.8, 4) is 5.75 Å². The molecule has 27 heavy (non-hydrogen) atoms. The number of ether oxygens (including phenoxy) is 1. The van der Waals surface area contributed by atoms with Crippen molar-refractivity contribution in [2.75, 3.05) is 6.61 Å². The molecule has 0 saturated heterocycles. The zero-order chi connectivity index (χ0) is 19.1. The number of rotatable bonds is 5. The van der Waals surface area contributed by atoms with E-state index in [0.717, 1.165) is 17.4 Å². The lowest BCUT2D eigenvalue weighted by atomic mass is 10.0. The predicted octanol–water partition coefficient (Wildman–Crippen LogP) is 2.95. The van der Waals surface area contributed by atoms with E-state index in [1.54, 1.807) is 18.2 Å². The zero-order valence-electron chi connectivity index (χ0n) is 14.2. The van der Waals surface area contributed by atoms with Gasteiger partial charge in [-0.1, -0.05) is 18.2 Å². The number of nitrogens with one attached hydrogen (secondary N) is 1. The Labute approximate surface area is 154 Å². The smallest absolute Gasteiger partial charge is 0.330 e. The molecule has 3 unspecified atom stereocenters.